The number of hydrogen-bond acceptors (Lipinski definition) is 3. The van der Waals surface area contributed by atoms with Crippen molar-refractivity contribution in [3.63, 3.8) is 0 Å². The number of nitrogens with zero attached hydrogens (tertiary/aromatic N) is 2. The summed E-state index contributed by atoms with van der Waals surface area (Å²) in [4.78, 5) is 14.7. The van der Waals surface area contributed by atoms with Gasteiger partial charge in [-0.15, -0.1) is 0 Å². The van der Waals surface area contributed by atoms with Crippen LogP contribution in [-0.2, 0) is 23.9 Å². The minimum atomic E-state index is -5.04. The summed E-state index contributed by atoms with van der Waals surface area (Å²) in [5, 5.41) is 3.60. The van der Waals surface area contributed by atoms with Crippen molar-refractivity contribution in [2.75, 3.05) is 13.1 Å². The minimum Gasteiger partial charge on any atom is -0.351 e. The van der Waals surface area contributed by atoms with Crippen LogP contribution in [0, 0.1) is 11.7 Å². The maximum absolute atomic E-state index is 14.7. The molecule has 0 N–H and O–H groups in total. The van der Waals surface area contributed by atoms with Crippen molar-refractivity contribution in [1.29, 1.82) is 0 Å². The Balaban J connectivity index is 1.58. The van der Waals surface area contributed by atoms with E-state index in [1.165, 1.54) is 36.5 Å². The molecule has 2 aromatic carbocycles. The third-order valence-electron chi connectivity index (χ3n) is 7.54. The third kappa shape index (κ3) is 3.90. The van der Waals surface area contributed by atoms with Gasteiger partial charge >= 0.3 is 6.18 Å². The predicted octanol–water partition coefficient (Wildman–Crippen LogP) is 5.76. The second-order valence-corrected chi connectivity index (χ2v) is 9.63. The molecule has 0 saturated carbocycles. The van der Waals surface area contributed by atoms with E-state index in [1.807, 2.05) is 0 Å². The molecule has 184 valence electrons. The molecule has 1 aromatic heterocycles. The molecule has 1 fully saturated rings. The van der Waals surface area contributed by atoms with Gasteiger partial charge in [0.05, 0.1) is 6.20 Å². The van der Waals surface area contributed by atoms with E-state index in [-0.39, 0.29) is 23.4 Å². The molecule has 0 radical (unpaired) electrons. The molecule has 2 heterocycles. The second-order valence-electron chi connectivity index (χ2n) is 9.63. The van der Waals surface area contributed by atoms with E-state index < -0.39 is 22.8 Å². The molecule has 2 aliphatic rings. The maximum atomic E-state index is 14.7. The first-order valence-corrected chi connectivity index (χ1v) is 11.4. The molecule has 0 spiro atoms. The summed E-state index contributed by atoms with van der Waals surface area (Å²) in [5.41, 5.74) is -2.26. The van der Waals surface area contributed by atoms with Gasteiger partial charge in [0.15, 0.2) is 0 Å². The molecular weight excluding hydrogens is 467 g/mol. The number of hydrogen-bond donors (Lipinski definition) is 0. The molecule has 1 aliphatic carbocycles. The zero-order valence-electron chi connectivity index (χ0n) is 18.9. The Morgan fingerprint density at radius 1 is 1.14 bits per heavy atom. The van der Waals surface area contributed by atoms with Gasteiger partial charge in [-0.2, -0.15) is 13.2 Å². The summed E-state index contributed by atoms with van der Waals surface area (Å²) in [7, 11) is 0. The Hall–Kier alpha value is -3.23. The molecule has 4 nitrogen and oxygen atoms in total. The zero-order chi connectivity index (χ0) is 25.0. The van der Waals surface area contributed by atoms with E-state index in [4.69, 9.17) is 4.52 Å². The van der Waals surface area contributed by atoms with E-state index in [2.05, 4.69) is 5.16 Å². The van der Waals surface area contributed by atoms with Crippen molar-refractivity contribution in [3.05, 3.63) is 88.6 Å². The standard InChI is InChI=1S/C26H23F5N2O2/c1-24(28,26(29,30)31)18-6-9-21-17(12-18)4-5-19-14-33(23(34)22-10-11-32-35-22)15-25(19,21)13-16-2-7-20(27)8-3-16/h2-3,6-12,19H,4-5,13-15H2,1H3. The van der Waals surface area contributed by atoms with Gasteiger partial charge in [0.2, 0.25) is 11.4 Å². The highest BCUT2D eigenvalue weighted by Gasteiger charge is 2.55. The number of alkyl halides is 4. The van der Waals surface area contributed by atoms with Gasteiger partial charge < -0.3 is 9.42 Å². The van der Waals surface area contributed by atoms with E-state index >= 15 is 0 Å². The average molecular weight is 490 g/mol. The van der Waals surface area contributed by atoms with Crippen LogP contribution in [0.5, 0.6) is 0 Å². The highest BCUT2D eigenvalue weighted by atomic mass is 19.4. The van der Waals surface area contributed by atoms with Crippen LogP contribution in [0.15, 0.2) is 59.3 Å². The van der Waals surface area contributed by atoms with Crippen LogP contribution >= 0.6 is 0 Å². The molecule has 1 amide bonds. The number of carbonyl (C=O) groups excluding carboxylic acids is 1. The summed E-state index contributed by atoms with van der Waals surface area (Å²) >= 11 is 0. The first kappa shape index (κ1) is 23.5. The van der Waals surface area contributed by atoms with Gasteiger partial charge in [-0.1, -0.05) is 35.5 Å². The van der Waals surface area contributed by atoms with Gasteiger partial charge in [-0.05, 0) is 66.5 Å². The van der Waals surface area contributed by atoms with Crippen LogP contribution in [0.25, 0.3) is 0 Å². The molecular formula is C26H23F5N2O2. The summed E-state index contributed by atoms with van der Waals surface area (Å²) in [6.07, 6.45) is -2.12. The normalized spacial score (nSPS) is 23.5. The summed E-state index contributed by atoms with van der Waals surface area (Å²) in [5.74, 6) is -0.576. The van der Waals surface area contributed by atoms with E-state index in [0.717, 1.165) is 11.1 Å². The SMILES string of the molecule is CC(F)(c1ccc2c(c1)CCC1CN(C(=O)c3ccno3)CC21Cc1ccc(F)cc1)C(F)(F)F. The number of amides is 1. The van der Waals surface area contributed by atoms with Crippen molar-refractivity contribution < 1.29 is 31.3 Å². The monoisotopic (exact) mass is 490 g/mol. The lowest BCUT2D eigenvalue weighted by Crippen LogP contribution is -2.42. The minimum absolute atomic E-state index is 0.0113. The van der Waals surface area contributed by atoms with Crippen molar-refractivity contribution in [2.24, 2.45) is 5.92 Å². The number of likely N-dealkylation sites (tertiary alicyclic amines) is 1. The van der Waals surface area contributed by atoms with Crippen molar-refractivity contribution >= 4 is 5.91 Å². The predicted molar refractivity (Wildman–Crippen MR) is 117 cm³/mol. The fraction of sp³-hybridized carbons (Fsp3) is 0.385. The first-order valence-electron chi connectivity index (χ1n) is 11.4. The van der Waals surface area contributed by atoms with E-state index in [9.17, 15) is 26.7 Å². The fourth-order valence-corrected chi connectivity index (χ4v) is 5.62. The van der Waals surface area contributed by atoms with Gasteiger partial charge in [-0.3, -0.25) is 4.79 Å². The van der Waals surface area contributed by atoms with Crippen LogP contribution in [-0.4, -0.2) is 35.2 Å². The number of carbonyl (C=O) groups is 1. The Bertz CT molecular complexity index is 1240. The highest BCUT2D eigenvalue weighted by Crippen LogP contribution is 2.51. The summed E-state index contributed by atoms with van der Waals surface area (Å²) in [6, 6.07) is 11.6. The molecule has 1 saturated heterocycles. The molecule has 3 unspecified atom stereocenters. The molecule has 3 atom stereocenters. The van der Waals surface area contributed by atoms with Crippen LogP contribution in [0.2, 0.25) is 0 Å². The van der Waals surface area contributed by atoms with Gasteiger partial charge in [0.25, 0.3) is 5.91 Å². The van der Waals surface area contributed by atoms with Crippen LogP contribution in [0.3, 0.4) is 0 Å². The van der Waals surface area contributed by atoms with Crippen LogP contribution in [0.4, 0.5) is 22.0 Å². The number of halogens is 5. The molecule has 35 heavy (non-hydrogen) atoms. The fourth-order valence-electron chi connectivity index (χ4n) is 5.62. The summed E-state index contributed by atoms with van der Waals surface area (Å²) < 4.78 is 73.5. The first-order chi connectivity index (χ1) is 16.5. The van der Waals surface area contributed by atoms with E-state index in [1.54, 1.807) is 23.1 Å². The average Bonchev–Trinajstić information content (AvgIpc) is 3.47. The molecule has 9 heteroatoms. The molecule has 5 rings (SSSR count). The van der Waals surface area contributed by atoms with E-state index in [0.29, 0.717) is 44.8 Å². The molecule has 3 aromatic rings. The zero-order valence-corrected chi connectivity index (χ0v) is 18.9. The second kappa shape index (κ2) is 8.17. The Labute approximate surface area is 198 Å². The van der Waals surface area contributed by atoms with Gasteiger partial charge in [0.1, 0.15) is 5.82 Å². The smallest absolute Gasteiger partial charge is 0.351 e. The lowest BCUT2D eigenvalue weighted by molar-refractivity contribution is -0.228. The van der Waals surface area contributed by atoms with Crippen molar-refractivity contribution in [2.45, 2.75) is 43.4 Å². The quantitative estimate of drug-likeness (QED) is 0.437. The lowest BCUT2D eigenvalue weighted by Gasteiger charge is -2.41. The number of fused-ring (bicyclic) bond motifs is 3. The Morgan fingerprint density at radius 2 is 1.89 bits per heavy atom. The lowest BCUT2D eigenvalue weighted by atomic mass is 9.62. The number of aryl methyl sites for hydroxylation is 1. The Kier molecular flexibility index (Phi) is 5.49. The number of rotatable bonds is 4. The van der Waals surface area contributed by atoms with Crippen molar-refractivity contribution in [3.8, 4) is 0 Å². The van der Waals surface area contributed by atoms with Crippen LogP contribution in [0.1, 0.15) is 46.2 Å². The maximum Gasteiger partial charge on any atom is 0.426 e. The molecule has 0 bridgehead atoms. The van der Waals surface area contributed by atoms with Crippen LogP contribution < -0.4 is 0 Å². The van der Waals surface area contributed by atoms with Crippen molar-refractivity contribution in [1.82, 2.24) is 10.1 Å². The summed E-state index contributed by atoms with van der Waals surface area (Å²) in [6.45, 7) is 1.26. The van der Waals surface area contributed by atoms with Gasteiger partial charge in [-0.25, -0.2) is 8.78 Å². The topological polar surface area (TPSA) is 46.3 Å². The highest BCUT2D eigenvalue weighted by molar-refractivity contribution is 5.91. The third-order valence-corrected chi connectivity index (χ3v) is 7.54. The largest absolute Gasteiger partial charge is 0.426 e. The number of aromatic nitrogens is 1. The Morgan fingerprint density at radius 3 is 2.54 bits per heavy atom. The molecule has 1 aliphatic heterocycles. The van der Waals surface area contributed by atoms with Gasteiger partial charge in [0, 0.05) is 24.6 Å². The number of benzene rings is 2.